The molecule has 138 valence electrons. The SMILES string of the molecule is CON1C[C@H]2CCN(c3ccc(-c4ccc(-c5cn[nH]c5)cc4)cc3)[C@H]2C1. The van der Waals surface area contributed by atoms with E-state index in [2.05, 4.69) is 68.7 Å². The van der Waals surface area contributed by atoms with Crippen molar-refractivity contribution in [2.45, 2.75) is 12.5 Å². The Hall–Kier alpha value is -2.63. The van der Waals surface area contributed by atoms with Gasteiger partial charge in [0.25, 0.3) is 0 Å². The summed E-state index contributed by atoms with van der Waals surface area (Å²) >= 11 is 0. The normalized spacial score (nSPS) is 22.3. The number of nitrogens with zero attached hydrogens (tertiary/aromatic N) is 3. The lowest BCUT2D eigenvalue weighted by Gasteiger charge is -2.26. The van der Waals surface area contributed by atoms with E-state index in [-0.39, 0.29) is 0 Å². The first-order valence-corrected chi connectivity index (χ1v) is 9.57. The van der Waals surface area contributed by atoms with Crippen molar-refractivity contribution < 1.29 is 4.84 Å². The van der Waals surface area contributed by atoms with Gasteiger partial charge in [-0.3, -0.25) is 5.10 Å². The fourth-order valence-electron chi connectivity index (χ4n) is 4.50. The standard InChI is InChI=1S/C22H24N4O/c1-27-25-14-19-10-11-26(22(19)15-25)21-8-6-17(7-9-21)16-2-4-18(5-3-16)20-12-23-24-13-20/h2-9,12-13,19,22H,10-11,14-15H2,1H3,(H,23,24)/t19-,22+/m1/s1. The number of hydrogen-bond acceptors (Lipinski definition) is 4. The lowest BCUT2D eigenvalue weighted by molar-refractivity contribution is -0.116. The van der Waals surface area contributed by atoms with Crippen LogP contribution in [-0.4, -0.2) is 48.0 Å². The summed E-state index contributed by atoms with van der Waals surface area (Å²) < 4.78 is 0. The van der Waals surface area contributed by atoms with Crippen LogP contribution in [0.25, 0.3) is 22.3 Å². The summed E-state index contributed by atoms with van der Waals surface area (Å²) in [5.74, 6) is 0.722. The van der Waals surface area contributed by atoms with Crippen molar-refractivity contribution in [3.63, 3.8) is 0 Å². The van der Waals surface area contributed by atoms with Gasteiger partial charge in [0.2, 0.25) is 0 Å². The Bertz CT molecular complexity index is 889. The van der Waals surface area contributed by atoms with Crippen LogP contribution in [0.5, 0.6) is 0 Å². The van der Waals surface area contributed by atoms with Crippen LogP contribution in [0.1, 0.15) is 6.42 Å². The number of aromatic amines is 1. The second-order valence-electron chi connectivity index (χ2n) is 7.45. The van der Waals surface area contributed by atoms with Crippen LogP contribution in [0, 0.1) is 5.92 Å². The lowest BCUT2D eigenvalue weighted by atomic mass is 10.0. The van der Waals surface area contributed by atoms with E-state index in [1.165, 1.54) is 28.8 Å². The predicted octanol–water partition coefficient (Wildman–Crippen LogP) is 3.82. The highest BCUT2D eigenvalue weighted by Gasteiger charge is 2.41. The molecular formula is C22H24N4O. The first-order chi connectivity index (χ1) is 13.3. The minimum atomic E-state index is 0.574. The molecule has 2 aliphatic rings. The fourth-order valence-corrected chi connectivity index (χ4v) is 4.50. The summed E-state index contributed by atoms with van der Waals surface area (Å²) in [5, 5.41) is 8.98. The minimum absolute atomic E-state index is 0.574. The maximum atomic E-state index is 5.45. The van der Waals surface area contributed by atoms with Crippen molar-refractivity contribution in [3.05, 3.63) is 60.9 Å². The van der Waals surface area contributed by atoms with Gasteiger partial charge >= 0.3 is 0 Å². The Morgan fingerprint density at radius 2 is 1.59 bits per heavy atom. The Balaban J connectivity index is 1.33. The van der Waals surface area contributed by atoms with Gasteiger partial charge in [0, 0.05) is 43.1 Å². The van der Waals surface area contributed by atoms with Crippen molar-refractivity contribution in [2.75, 3.05) is 31.6 Å². The lowest BCUT2D eigenvalue weighted by Crippen LogP contribution is -2.34. The van der Waals surface area contributed by atoms with Crippen LogP contribution in [0.4, 0.5) is 5.69 Å². The zero-order valence-corrected chi connectivity index (χ0v) is 15.5. The molecule has 0 amide bonds. The first kappa shape index (κ1) is 16.5. The highest BCUT2D eigenvalue weighted by atomic mass is 16.7. The molecule has 0 unspecified atom stereocenters. The van der Waals surface area contributed by atoms with Gasteiger partial charge in [-0.05, 0) is 41.2 Å². The molecule has 0 radical (unpaired) electrons. The maximum absolute atomic E-state index is 5.45. The predicted molar refractivity (Wildman–Crippen MR) is 107 cm³/mol. The van der Waals surface area contributed by atoms with Gasteiger partial charge in [0.05, 0.1) is 13.3 Å². The summed E-state index contributed by atoms with van der Waals surface area (Å²) in [5.41, 5.74) is 6.09. The number of anilines is 1. The Labute approximate surface area is 159 Å². The molecule has 2 fully saturated rings. The van der Waals surface area contributed by atoms with E-state index in [1.807, 2.05) is 12.4 Å². The van der Waals surface area contributed by atoms with Gasteiger partial charge in [-0.1, -0.05) is 36.4 Å². The van der Waals surface area contributed by atoms with E-state index in [4.69, 9.17) is 4.84 Å². The fraction of sp³-hybridized carbons (Fsp3) is 0.318. The Morgan fingerprint density at radius 3 is 2.22 bits per heavy atom. The molecule has 5 rings (SSSR count). The maximum Gasteiger partial charge on any atom is 0.0575 e. The molecule has 3 aromatic rings. The molecule has 2 atom stereocenters. The monoisotopic (exact) mass is 360 g/mol. The van der Waals surface area contributed by atoms with Gasteiger partial charge in [-0.15, -0.1) is 0 Å². The van der Waals surface area contributed by atoms with E-state index in [0.29, 0.717) is 6.04 Å². The van der Waals surface area contributed by atoms with Gasteiger partial charge in [-0.2, -0.15) is 10.2 Å². The number of rotatable bonds is 4. The summed E-state index contributed by atoms with van der Waals surface area (Å²) in [6.45, 7) is 3.20. The van der Waals surface area contributed by atoms with E-state index in [0.717, 1.165) is 31.1 Å². The van der Waals surface area contributed by atoms with Crippen molar-refractivity contribution in [1.29, 1.82) is 0 Å². The molecule has 2 aromatic carbocycles. The Kier molecular flexibility index (Phi) is 4.19. The second-order valence-corrected chi connectivity index (χ2v) is 7.45. The summed E-state index contributed by atoms with van der Waals surface area (Å²) in [7, 11) is 1.78. The third-order valence-electron chi connectivity index (χ3n) is 6.02. The quantitative estimate of drug-likeness (QED) is 0.768. The highest BCUT2D eigenvalue weighted by molar-refractivity contribution is 5.71. The molecule has 2 aliphatic heterocycles. The molecule has 2 saturated heterocycles. The third kappa shape index (κ3) is 3.03. The van der Waals surface area contributed by atoms with Crippen LogP contribution >= 0.6 is 0 Å². The van der Waals surface area contributed by atoms with Crippen molar-refractivity contribution in [3.8, 4) is 22.3 Å². The molecule has 5 nitrogen and oxygen atoms in total. The minimum Gasteiger partial charge on any atom is -0.367 e. The topological polar surface area (TPSA) is 44.4 Å². The number of nitrogens with one attached hydrogen (secondary N) is 1. The van der Waals surface area contributed by atoms with Gasteiger partial charge in [0.1, 0.15) is 0 Å². The number of aromatic nitrogens is 2. The molecule has 5 heteroatoms. The molecule has 27 heavy (non-hydrogen) atoms. The molecule has 0 saturated carbocycles. The highest BCUT2D eigenvalue weighted by Crippen LogP contribution is 2.36. The van der Waals surface area contributed by atoms with Crippen LogP contribution in [0.15, 0.2) is 60.9 Å². The number of H-pyrrole nitrogens is 1. The van der Waals surface area contributed by atoms with Crippen LogP contribution in [0.3, 0.4) is 0 Å². The van der Waals surface area contributed by atoms with Gasteiger partial charge in [0.15, 0.2) is 0 Å². The van der Waals surface area contributed by atoms with E-state index >= 15 is 0 Å². The number of hydrogen-bond donors (Lipinski definition) is 1. The number of benzene rings is 2. The molecule has 0 aliphatic carbocycles. The molecule has 0 spiro atoms. The average Bonchev–Trinajstić information content (AvgIpc) is 3.45. The van der Waals surface area contributed by atoms with Gasteiger partial charge < -0.3 is 9.74 Å². The van der Waals surface area contributed by atoms with Gasteiger partial charge in [-0.25, -0.2) is 0 Å². The van der Waals surface area contributed by atoms with Crippen LogP contribution in [0.2, 0.25) is 0 Å². The van der Waals surface area contributed by atoms with E-state index in [9.17, 15) is 0 Å². The van der Waals surface area contributed by atoms with Crippen molar-refractivity contribution >= 4 is 5.69 Å². The third-order valence-corrected chi connectivity index (χ3v) is 6.02. The summed E-state index contributed by atoms with van der Waals surface area (Å²) in [6.07, 6.45) is 5.02. The van der Waals surface area contributed by atoms with Crippen molar-refractivity contribution in [2.24, 2.45) is 5.92 Å². The number of fused-ring (bicyclic) bond motifs is 1. The second kappa shape index (κ2) is 6.83. The molecule has 1 N–H and O–H groups in total. The number of hydroxylamine groups is 2. The smallest absolute Gasteiger partial charge is 0.0575 e. The largest absolute Gasteiger partial charge is 0.367 e. The zero-order chi connectivity index (χ0) is 18.2. The molecule has 3 heterocycles. The molecular weight excluding hydrogens is 336 g/mol. The summed E-state index contributed by atoms with van der Waals surface area (Å²) in [6, 6.07) is 18.2. The molecule has 1 aromatic heterocycles. The Morgan fingerprint density at radius 1 is 0.926 bits per heavy atom. The summed E-state index contributed by atoms with van der Waals surface area (Å²) in [4.78, 5) is 8.00. The van der Waals surface area contributed by atoms with E-state index in [1.54, 1.807) is 7.11 Å². The average molecular weight is 360 g/mol. The molecule has 0 bridgehead atoms. The van der Waals surface area contributed by atoms with Crippen molar-refractivity contribution in [1.82, 2.24) is 15.3 Å². The van der Waals surface area contributed by atoms with Crippen LogP contribution < -0.4 is 4.90 Å². The zero-order valence-electron chi connectivity index (χ0n) is 15.5. The van der Waals surface area contributed by atoms with Crippen LogP contribution in [-0.2, 0) is 4.84 Å². The first-order valence-electron chi connectivity index (χ1n) is 9.57. The van der Waals surface area contributed by atoms with E-state index < -0.39 is 0 Å².